The van der Waals surface area contributed by atoms with Gasteiger partial charge in [-0.05, 0) is 50.8 Å². The highest BCUT2D eigenvalue weighted by molar-refractivity contribution is 6.01. The lowest BCUT2D eigenvalue weighted by atomic mass is 9.96. The molecule has 0 radical (unpaired) electrons. The van der Waals surface area contributed by atoms with Gasteiger partial charge in [0.05, 0.1) is 5.92 Å². The first-order valence-corrected chi connectivity index (χ1v) is 10.9. The zero-order valence-electron chi connectivity index (χ0n) is 18.4. The van der Waals surface area contributed by atoms with Crippen LogP contribution in [0.15, 0.2) is 18.2 Å². The summed E-state index contributed by atoms with van der Waals surface area (Å²) in [6.45, 7) is 5.53. The second-order valence-electron chi connectivity index (χ2n) is 8.50. The molecule has 1 saturated carbocycles. The first kappa shape index (κ1) is 22.8. The van der Waals surface area contributed by atoms with Gasteiger partial charge in [0.15, 0.2) is 6.10 Å². The molecule has 1 saturated heterocycles. The van der Waals surface area contributed by atoms with E-state index in [1.807, 2.05) is 32.0 Å². The third-order valence-electron chi connectivity index (χ3n) is 6.16. The molecule has 2 fully saturated rings. The molecule has 1 heterocycles. The second kappa shape index (κ2) is 9.94. The number of aryl methyl sites for hydroxylation is 1. The highest BCUT2D eigenvalue weighted by Crippen LogP contribution is 2.30. The van der Waals surface area contributed by atoms with Crippen molar-refractivity contribution < 1.29 is 23.9 Å². The van der Waals surface area contributed by atoms with Crippen LogP contribution >= 0.6 is 0 Å². The zero-order chi connectivity index (χ0) is 22.5. The number of urea groups is 1. The molecule has 31 heavy (non-hydrogen) atoms. The van der Waals surface area contributed by atoms with Crippen LogP contribution in [0.2, 0.25) is 0 Å². The Bertz CT molecular complexity index is 863. The van der Waals surface area contributed by atoms with E-state index in [0.29, 0.717) is 0 Å². The van der Waals surface area contributed by atoms with Crippen LogP contribution in [0.4, 0.5) is 10.5 Å². The average molecular weight is 430 g/mol. The zero-order valence-corrected chi connectivity index (χ0v) is 18.4. The first-order valence-electron chi connectivity index (χ1n) is 10.9. The molecule has 2 atom stereocenters. The summed E-state index contributed by atoms with van der Waals surface area (Å²) in [6.07, 6.45) is 3.99. The van der Waals surface area contributed by atoms with E-state index in [2.05, 4.69) is 10.6 Å². The fraction of sp³-hybridized carbons (Fsp3) is 0.565. The number of benzene rings is 1. The number of imide groups is 1. The average Bonchev–Trinajstić information content (AvgIpc) is 3.12. The fourth-order valence-electron chi connectivity index (χ4n) is 4.13. The molecular formula is C23H31N3O5. The lowest BCUT2D eigenvalue weighted by Gasteiger charge is -2.23. The largest absolute Gasteiger partial charge is 0.452 e. The SMILES string of the molecule is Cc1cccc(N2C[C@@H](C(=O)O[C@@H](C)C(=O)NC(=O)NC3CCCCC3)CC2=O)c1C. The van der Waals surface area contributed by atoms with Gasteiger partial charge in [-0.2, -0.15) is 0 Å². The molecule has 4 amide bonds. The number of nitrogens with one attached hydrogen (secondary N) is 2. The molecule has 2 N–H and O–H groups in total. The molecule has 1 aliphatic carbocycles. The summed E-state index contributed by atoms with van der Waals surface area (Å²) in [5.74, 6) is -2.10. The topological polar surface area (TPSA) is 105 Å². The lowest BCUT2D eigenvalue weighted by Crippen LogP contribution is -2.48. The highest BCUT2D eigenvalue weighted by Gasteiger charge is 2.38. The predicted octanol–water partition coefficient (Wildman–Crippen LogP) is 2.75. The maximum absolute atomic E-state index is 12.6. The molecule has 0 aromatic heterocycles. The number of carbonyl (C=O) groups is 4. The summed E-state index contributed by atoms with van der Waals surface area (Å²) in [5.41, 5.74) is 2.83. The van der Waals surface area contributed by atoms with Gasteiger partial charge in [-0.3, -0.25) is 19.7 Å². The number of ether oxygens (including phenoxy) is 1. The highest BCUT2D eigenvalue weighted by atomic mass is 16.5. The molecule has 2 aliphatic rings. The van der Waals surface area contributed by atoms with Gasteiger partial charge in [0, 0.05) is 24.7 Å². The van der Waals surface area contributed by atoms with Crippen LogP contribution in [0.1, 0.15) is 56.6 Å². The fourth-order valence-corrected chi connectivity index (χ4v) is 4.13. The Morgan fingerprint density at radius 1 is 1.13 bits per heavy atom. The van der Waals surface area contributed by atoms with E-state index in [4.69, 9.17) is 4.74 Å². The van der Waals surface area contributed by atoms with Crippen LogP contribution in [-0.2, 0) is 19.1 Å². The molecule has 1 aliphatic heterocycles. The Morgan fingerprint density at radius 3 is 2.55 bits per heavy atom. The number of carbonyl (C=O) groups excluding carboxylic acids is 4. The lowest BCUT2D eigenvalue weighted by molar-refractivity contribution is -0.158. The van der Waals surface area contributed by atoms with Gasteiger partial charge >= 0.3 is 12.0 Å². The number of hydrogen-bond acceptors (Lipinski definition) is 5. The Balaban J connectivity index is 1.51. The van der Waals surface area contributed by atoms with Gasteiger partial charge in [-0.1, -0.05) is 31.4 Å². The number of anilines is 1. The van der Waals surface area contributed by atoms with Crippen LogP contribution in [0.5, 0.6) is 0 Å². The van der Waals surface area contributed by atoms with E-state index >= 15 is 0 Å². The van der Waals surface area contributed by atoms with E-state index in [9.17, 15) is 19.2 Å². The van der Waals surface area contributed by atoms with Crippen molar-refractivity contribution in [1.29, 1.82) is 0 Å². The number of nitrogens with zero attached hydrogens (tertiary/aromatic N) is 1. The Labute approximate surface area is 182 Å². The number of rotatable bonds is 5. The molecule has 0 unspecified atom stereocenters. The molecule has 0 spiro atoms. The van der Waals surface area contributed by atoms with Crippen LogP contribution in [0.25, 0.3) is 0 Å². The van der Waals surface area contributed by atoms with Crippen molar-refractivity contribution in [3.8, 4) is 0 Å². The van der Waals surface area contributed by atoms with Crippen molar-refractivity contribution in [2.24, 2.45) is 5.92 Å². The Kier molecular flexibility index (Phi) is 7.30. The van der Waals surface area contributed by atoms with E-state index in [0.717, 1.165) is 48.9 Å². The maximum Gasteiger partial charge on any atom is 0.321 e. The standard InChI is InChI=1S/C23H31N3O5/c1-14-8-7-11-19(15(14)2)26-13-17(12-20(26)27)22(29)31-16(3)21(28)25-23(30)24-18-9-5-4-6-10-18/h7-8,11,16-18H,4-6,9-10,12-13H2,1-3H3,(H2,24,25,28,30)/t16-,17-/m0/s1. The summed E-state index contributed by atoms with van der Waals surface area (Å²) in [5, 5.41) is 5.03. The van der Waals surface area contributed by atoms with Gasteiger partial charge in [0.25, 0.3) is 5.91 Å². The van der Waals surface area contributed by atoms with Crippen molar-refractivity contribution in [2.45, 2.75) is 71.4 Å². The molecule has 1 aromatic rings. The van der Waals surface area contributed by atoms with Crippen LogP contribution in [-0.4, -0.2) is 42.5 Å². The summed E-state index contributed by atoms with van der Waals surface area (Å²) < 4.78 is 5.26. The van der Waals surface area contributed by atoms with Gasteiger partial charge < -0.3 is 15.0 Å². The molecule has 3 rings (SSSR count). The summed E-state index contributed by atoms with van der Waals surface area (Å²) in [4.78, 5) is 50.9. The van der Waals surface area contributed by atoms with Crippen LogP contribution in [0, 0.1) is 19.8 Å². The molecule has 8 nitrogen and oxygen atoms in total. The third kappa shape index (κ3) is 5.62. The van der Waals surface area contributed by atoms with Crippen molar-refractivity contribution in [2.75, 3.05) is 11.4 Å². The number of hydrogen-bond donors (Lipinski definition) is 2. The summed E-state index contributed by atoms with van der Waals surface area (Å²) in [6, 6.07) is 5.20. The molecular weight excluding hydrogens is 398 g/mol. The Morgan fingerprint density at radius 2 is 1.84 bits per heavy atom. The number of amides is 4. The van der Waals surface area contributed by atoms with Gasteiger partial charge in [-0.25, -0.2) is 4.79 Å². The smallest absolute Gasteiger partial charge is 0.321 e. The monoisotopic (exact) mass is 429 g/mol. The van der Waals surface area contributed by atoms with Crippen molar-refractivity contribution in [3.63, 3.8) is 0 Å². The van der Waals surface area contributed by atoms with Crippen molar-refractivity contribution >= 4 is 29.5 Å². The van der Waals surface area contributed by atoms with Crippen LogP contribution in [0.3, 0.4) is 0 Å². The first-order chi connectivity index (χ1) is 14.8. The minimum absolute atomic E-state index is 0.0305. The molecule has 0 bridgehead atoms. The third-order valence-corrected chi connectivity index (χ3v) is 6.16. The van der Waals surface area contributed by atoms with Gasteiger partial charge in [-0.15, -0.1) is 0 Å². The van der Waals surface area contributed by atoms with E-state index < -0.39 is 29.9 Å². The van der Waals surface area contributed by atoms with Gasteiger partial charge in [0.2, 0.25) is 5.91 Å². The van der Waals surface area contributed by atoms with E-state index in [1.54, 1.807) is 4.90 Å². The predicted molar refractivity (Wildman–Crippen MR) is 115 cm³/mol. The Hall–Kier alpha value is -2.90. The second-order valence-corrected chi connectivity index (χ2v) is 8.50. The molecule has 8 heteroatoms. The van der Waals surface area contributed by atoms with Crippen LogP contribution < -0.4 is 15.5 Å². The van der Waals surface area contributed by atoms with E-state index in [1.165, 1.54) is 6.92 Å². The van der Waals surface area contributed by atoms with E-state index in [-0.39, 0.29) is 24.9 Å². The van der Waals surface area contributed by atoms with Crippen molar-refractivity contribution in [1.82, 2.24) is 10.6 Å². The quantitative estimate of drug-likeness (QED) is 0.701. The normalized spacial score (nSPS) is 20.3. The number of esters is 1. The minimum atomic E-state index is -1.13. The molecule has 168 valence electrons. The van der Waals surface area contributed by atoms with Crippen molar-refractivity contribution in [3.05, 3.63) is 29.3 Å². The summed E-state index contributed by atoms with van der Waals surface area (Å²) in [7, 11) is 0. The molecule has 1 aromatic carbocycles. The minimum Gasteiger partial charge on any atom is -0.452 e. The van der Waals surface area contributed by atoms with Gasteiger partial charge in [0.1, 0.15) is 0 Å². The summed E-state index contributed by atoms with van der Waals surface area (Å²) >= 11 is 0. The maximum atomic E-state index is 12.6.